The summed E-state index contributed by atoms with van der Waals surface area (Å²) in [6.45, 7) is 3.26. The fourth-order valence-corrected chi connectivity index (χ4v) is 2.28. The highest BCUT2D eigenvalue weighted by Gasteiger charge is 2.24. The number of aliphatic hydroxyl groups is 1. The zero-order valence-corrected chi connectivity index (χ0v) is 10.2. The van der Waals surface area contributed by atoms with Crippen molar-refractivity contribution < 1.29 is 9.90 Å². The molecule has 0 atom stereocenters. The van der Waals surface area contributed by atoms with Crippen molar-refractivity contribution in [2.75, 3.05) is 19.7 Å². The molecule has 0 aromatic heterocycles. The summed E-state index contributed by atoms with van der Waals surface area (Å²) in [6, 6.07) is 0.320. The summed E-state index contributed by atoms with van der Waals surface area (Å²) in [5.41, 5.74) is 0. The van der Waals surface area contributed by atoms with E-state index in [2.05, 4.69) is 5.32 Å². The van der Waals surface area contributed by atoms with Gasteiger partial charge in [-0.3, -0.25) is 0 Å². The van der Waals surface area contributed by atoms with Crippen LogP contribution >= 0.6 is 0 Å². The Morgan fingerprint density at radius 2 is 2.06 bits per heavy atom. The van der Waals surface area contributed by atoms with E-state index in [-0.39, 0.29) is 12.6 Å². The Morgan fingerprint density at radius 1 is 1.38 bits per heavy atom. The van der Waals surface area contributed by atoms with Crippen molar-refractivity contribution in [2.24, 2.45) is 0 Å². The molecule has 1 aliphatic carbocycles. The van der Waals surface area contributed by atoms with E-state index in [1.807, 2.05) is 11.8 Å². The number of rotatable bonds is 5. The van der Waals surface area contributed by atoms with Crippen LogP contribution in [-0.2, 0) is 0 Å². The first-order valence-electron chi connectivity index (χ1n) is 6.45. The number of urea groups is 1. The van der Waals surface area contributed by atoms with Gasteiger partial charge in [-0.05, 0) is 19.3 Å². The van der Waals surface area contributed by atoms with E-state index in [9.17, 15) is 4.79 Å². The molecule has 0 aliphatic heterocycles. The SMILES string of the molecule is CCCNC(=O)N(CCO)C1CCCCC1. The summed E-state index contributed by atoms with van der Waals surface area (Å²) in [6.07, 6.45) is 6.80. The summed E-state index contributed by atoms with van der Waals surface area (Å²) in [5, 5.41) is 11.9. The van der Waals surface area contributed by atoms with E-state index in [0.717, 1.165) is 19.3 Å². The van der Waals surface area contributed by atoms with Crippen LogP contribution in [0.3, 0.4) is 0 Å². The monoisotopic (exact) mass is 228 g/mol. The van der Waals surface area contributed by atoms with Gasteiger partial charge >= 0.3 is 6.03 Å². The standard InChI is InChI=1S/C12H24N2O2/c1-2-8-13-12(16)14(9-10-15)11-6-4-3-5-7-11/h11,15H,2-10H2,1H3,(H,13,16). The molecule has 0 radical (unpaired) electrons. The number of nitrogens with zero attached hydrogens (tertiary/aromatic N) is 1. The maximum Gasteiger partial charge on any atom is 0.317 e. The molecular weight excluding hydrogens is 204 g/mol. The molecule has 2 N–H and O–H groups in total. The zero-order valence-electron chi connectivity index (χ0n) is 10.2. The molecule has 1 aliphatic rings. The minimum atomic E-state index is -0.0113. The third-order valence-electron chi connectivity index (χ3n) is 3.14. The quantitative estimate of drug-likeness (QED) is 0.753. The molecule has 1 fully saturated rings. The second kappa shape index (κ2) is 7.49. The van der Waals surface area contributed by atoms with Crippen LogP contribution in [0.5, 0.6) is 0 Å². The molecule has 0 aromatic rings. The van der Waals surface area contributed by atoms with Crippen LogP contribution < -0.4 is 5.32 Å². The second-order valence-electron chi connectivity index (χ2n) is 4.44. The number of carbonyl (C=O) groups excluding carboxylic acids is 1. The van der Waals surface area contributed by atoms with Crippen molar-refractivity contribution in [3.05, 3.63) is 0 Å². The Morgan fingerprint density at radius 3 is 2.62 bits per heavy atom. The Hall–Kier alpha value is -0.770. The van der Waals surface area contributed by atoms with E-state index in [4.69, 9.17) is 5.11 Å². The second-order valence-corrected chi connectivity index (χ2v) is 4.44. The Balaban J connectivity index is 2.47. The third-order valence-corrected chi connectivity index (χ3v) is 3.14. The largest absolute Gasteiger partial charge is 0.395 e. The molecule has 94 valence electrons. The number of hydrogen-bond donors (Lipinski definition) is 2. The maximum absolute atomic E-state index is 11.9. The lowest BCUT2D eigenvalue weighted by Crippen LogP contribution is -2.48. The van der Waals surface area contributed by atoms with Crippen LogP contribution in [0.2, 0.25) is 0 Å². The Labute approximate surface area is 98.0 Å². The van der Waals surface area contributed by atoms with Crippen LogP contribution in [0.15, 0.2) is 0 Å². The molecule has 16 heavy (non-hydrogen) atoms. The van der Waals surface area contributed by atoms with E-state index >= 15 is 0 Å². The predicted octanol–water partition coefficient (Wildman–Crippen LogP) is 1.73. The van der Waals surface area contributed by atoms with Gasteiger partial charge in [0, 0.05) is 19.1 Å². The molecule has 0 aromatic carbocycles. The Kier molecular flexibility index (Phi) is 6.23. The lowest BCUT2D eigenvalue weighted by atomic mass is 9.94. The number of aliphatic hydroxyl groups excluding tert-OH is 1. The summed E-state index contributed by atoms with van der Waals surface area (Å²) < 4.78 is 0. The lowest BCUT2D eigenvalue weighted by molar-refractivity contribution is 0.135. The van der Waals surface area contributed by atoms with Gasteiger partial charge in [0.25, 0.3) is 0 Å². The molecule has 2 amide bonds. The van der Waals surface area contributed by atoms with Gasteiger partial charge in [-0.15, -0.1) is 0 Å². The molecule has 0 unspecified atom stereocenters. The normalized spacial score (nSPS) is 17.1. The fourth-order valence-electron chi connectivity index (χ4n) is 2.28. The molecule has 1 rings (SSSR count). The van der Waals surface area contributed by atoms with Crippen molar-refractivity contribution in [2.45, 2.75) is 51.5 Å². The lowest BCUT2D eigenvalue weighted by Gasteiger charge is -2.34. The van der Waals surface area contributed by atoms with Crippen molar-refractivity contribution in [3.8, 4) is 0 Å². The van der Waals surface area contributed by atoms with E-state index in [0.29, 0.717) is 19.1 Å². The average molecular weight is 228 g/mol. The van der Waals surface area contributed by atoms with Crippen molar-refractivity contribution >= 4 is 6.03 Å². The van der Waals surface area contributed by atoms with Crippen LogP contribution in [0.1, 0.15) is 45.4 Å². The minimum Gasteiger partial charge on any atom is -0.395 e. The van der Waals surface area contributed by atoms with E-state index in [1.54, 1.807) is 0 Å². The van der Waals surface area contributed by atoms with Crippen molar-refractivity contribution in [3.63, 3.8) is 0 Å². The van der Waals surface area contributed by atoms with E-state index < -0.39 is 0 Å². The molecule has 0 bridgehead atoms. The molecule has 4 nitrogen and oxygen atoms in total. The fraction of sp³-hybridized carbons (Fsp3) is 0.917. The number of carbonyl (C=O) groups is 1. The van der Waals surface area contributed by atoms with Gasteiger partial charge in [-0.25, -0.2) is 4.79 Å². The zero-order chi connectivity index (χ0) is 11.8. The van der Waals surface area contributed by atoms with Crippen molar-refractivity contribution in [1.29, 1.82) is 0 Å². The topological polar surface area (TPSA) is 52.6 Å². The van der Waals surface area contributed by atoms with Gasteiger partial charge < -0.3 is 15.3 Å². The highest BCUT2D eigenvalue weighted by Crippen LogP contribution is 2.22. The first kappa shape index (κ1) is 13.3. The van der Waals surface area contributed by atoms with Crippen LogP contribution in [0, 0.1) is 0 Å². The average Bonchev–Trinajstić information content (AvgIpc) is 2.34. The first-order chi connectivity index (χ1) is 7.79. The van der Waals surface area contributed by atoms with Crippen LogP contribution in [0.25, 0.3) is 0 Å². The smallest absolute Gasteiger partial charge is 0.317 e. The first-order valence-corrected chi connectivity index (χ1v) is 6.45. The van der Waals surface area contributed by atoms with Crippen LogP contribution in [0.4, 0.5) is 4.79 Å². The molecule has 0 heterocycles. The third kappa shape index (κ3) is 4.00. The Bertz CT molecular complexity index is 203. The molecule has 0 spiro atoms. The molecule has 4 heteroatoms. The highest BCUT2D eigenvalue weighted by atomic mass is 16.3. The summed E-state index contributed by atoms with van der Waals surface area (Å²) in [5.74, 6) is 0. The number of amides is 2. The summed E-state index contributed by atoms with van der Waals surface area (Å²) in [4.78, 5) is 13.7. The summed E-state index contributed by atoms with van der Waals surface area (Å²) in [7, 11) is 0. The van der Waals surface area contributed by atoms with Crippen molar-refractivity contribution in [1.82, 2.24) is 10.2 Å². The highest BCUT2D eigenvalue weighted by molar-refractivity contribution is 5.74. The number of nitrogens with one attached hydrogen (secondary N) is 1. The minimum absolute atomic E-state index is 0.0113. The van der Waals surface area contributed by atoms with Gasteiger partial charge in [-0.1, -0.05) is 26.2 Å². The van der Waals surface area contributed by atoms with Gasteiger partial charge in [0.15, 0.2) is 0 Å². The molecule has 1 saturated carbocycles. The maximum atomic E-state index is 11.9. The van der Waals surface area contributed by atoms with Crippen LogP contribution in [-0.4, -0.2) is 41.8 Å². The van der Waals surface area contributed by atoms with Gasteiger partial charge in [0.2, 0.25) is 0 Å². The predicted molar refractivity (Wildman–Crippen MR) is 64.4 cm³/mol. The van der Waals surface area contributed by atoms with Gasteiger partial charge in [0.05, 0.1) is 6.61 Å². The van der Waals surface area contributed by atoms with E-state index in [1.165, 1.54) is 19.3 Å². The van der Waals surface area contributed by atoms with Gasteiger partial charge in [-0.2, -0.15) is 0 Å². The summed E-state index contributed by atoms with van der Waals surface area (Å²) >= 11 is 0. The number of hydrogen-bond acceptors (Lipinski definition) is 2. The molecular formula is C12H24N2O2. The molecule has 0 saturated heterocycles. The van der Waals surface area contributed by atoms with Gasteiger partial charge in [0.1, 0.15) is 0 Å².